The van der Waals surface area contributed by atoms with Crippen LogP contribution in [0.2, 0.25) is 0 Å². The van der Waals surface area contributed by atoms with E-state index in [0.717, 1.165) is 11.1 Å². The minimum absolute atomic E-state index is 0.0850. The molecule has 0 fully saturated rings. The number of nitrogens with zero attached hydrogens (tertiary/aromatic N) is 2. The number of hydrazine groups is 1. The molecule has 29 heavy (non-hydrogen) atoms. The second-order valence-corrected chi connectivity index (χ2v) is 7.50. The molecule has 2 aromatic carbocycles. The van der Waals surface area contributed by atoms with E-state index in [9.17, 15) is 14.4 Å². The van der Waals surface area contributed by atoms with Crippen LogP contribution in [0, 0.1) is 19.8 Å². The molecule has 0 unspecified atom stereocenters. The fourth-order valence-electron chi connectivity index (χ4n) is 3.18. The van der Waals surface area contributed by atoms with Crippen LogP contribution in [0.1, 0.15) is 45.8 Å². The molecule has 2 N–H and O–H groups in total. The number of aromatic nitrogens is 2. The number of benzene rings is 2. The number of nitrogens with one attached hydrogen (secondary N) is 2. The van der Waals surface area contributed by atoms with Gasteiger partial charge in [0.2, 0.25) is 0 Å². The van der Waals surface area contributed by atoms with Crippen molar-refractivity contribution in [3.05, 3.63) is 75.2 Å². The molecule has 0 aliphatic rings. The summed E-state index contributed by atoms with van der Waals surface area (Å²) in [4.78, 5) is 37.9. The highest BCUT2D eigenvalue weighted by Gasteiger charge is 2.18. The Bertz CT molecular complexity index is 1150. The summed E-state index contributed by atoms with van der Waals surface area (Å²) in [5, 5.41) is 5.11. The average Bonchev–Trinajstić information content (AvgIpc) is 2.67. The molecule has 7 heteroatoms. The molecule has 0 bridgehead atoms. The number of rotatable bonds is 4. The van der Waals surface area contributed by atoms with Gasteiger partial charge in [0.1, 0.15) is 0 Å². The minimum atomic E-state index is -0.586. The summed E-state index contributed by atoms with van der Waals surface area (Å²) in [5.74, 6) is -0.825. The van der Waals surface area contributed by atoms with Gasteiger partial charge in [-0.05, 0) is 37.5 Å². The highest BCUT2D eigenvalue weighted by Crippen LogP contribution is 2.14. The van der Waals surface area contributed by atoms with Gasteiger partial charge in [-0.3, -0.25) is 25.2 Å². The standard InChI is InChI=1S/C22H24N4O3/c1-13(2)12-26-22(29)18-8-6-5-7-17(18)19(25-26)21(28)24-23-20(27)16-10-9-14(3)11-15(16)4/h5-11,13H,12H2,1-4H3,(H,23,27)(H,24,28). The summed E-state index contributed by atoms with van der Waals surface area (Å²) < 4.78 is 1.30. The Kier molecular flexibility index (Phi) is 5.77. The van der Waals surface area contributed by atoms with Gasteiger partial charge in [-0.1, -0.05) is 49.7 Å². The zero-order chi connectivity index (χ0) is 21.1. The summed E-state index contributed by atoms with van der Waals surface area (Å²) in [6.07, 6.45) is 0. The number of amides is 2. The summed E-state index contributed by atoms with van der Waals surface area (Å²) in [7, 11) is 0. The number of aryl methyl sites for hydroxylation is 2. The summed E-state index contributed by atoms with van der Waals surface area (Å²) in [6.45, 7) is 8.10. The Hall–Kier alpha value is -3.48. The van der Waals surface area contributed by atoms with Crippen molar-refractivity contribution in [2.45, 2.75) is 34.2 Å². The predicted octanol–water partition coefficient (Wildman–Crippen LogP) is 2.74. The van der Waals surface area contributed by atoms with Gasteiger partial charge < -0.3 is 0 Å². The predicted molar refractivity (Wildman–Crippen MR) is 112 cm³/mol. The van der Waals surface area contributed by atoms with Crippen molar-refractivity contribution in [1.82, 2.24) is 20.6 Å². The number of hydrogen-bond acceptors (Lipinski definition) is 4. The van der Waals surface area contributed by atoms with E-state index in [4.69, 9.17) is 0 Å². The number of carbonyl (C=O) groups is 2. The molecule has 3 rings (SSSR count). The molecule has 1 heterocycles. The van der Waals surface area contributed by atoms with Gasteiger partial charge in [0, 0.05) is 17.5 Å². The van der Waals surface area contributed by atoms with Crippen molar-refractivity contribution < 1.29 is 9.59 Å². The van der Waals surface area contributed by atoms with E-state index in [-0.39, 0.29) is 17.2 Å². The van der Waals surface area contributed by atoms with Gasteiger partial charge in [-0.25, -0.2) is 4.68 Å². The van der Waals surface area contributed by atoms with Gasteiger partial charge in [0.05, 0.1) is 5.39 Å². The lowest BCUT2D eigenvalue weighted by Gasteiger charge is -2.13. The second kappa shape index (κ2) is 8.26. The number of carbonyl (C=O) groups excluding carboxylic acids is 2. The third kappa shape index (κ3) is 4.34. The fraction of sp³-hybridized carbons (Fsp3) is 0.273. The van der Waals surface area contributed by atoms with Crippen molar-refractivity contribution in [1.29, 1.82) is 0 Å². The van der Waals surface area contributed by atoms with E-state index in [1.807, 2.05) is 39.8 Å². The fourth-order valence-corrected chi connectivity index (χ4v) is 3.18. The normalized spacial score (nSPS) is 10.9. The Morgan fingerprint density at radius 1 is 1.00 bits per heavy atom. The van der Waals surface area contributed by atoms with Gasteiger partial charge in [0.15, 0.2) is 5.69 Å². The Labute approximate surface area is 168 Å². The zero-order valence-electron chi connectivity index (χ0n) is 16.9. The summed E-state index contributed by atoms with van der Waals surface area (Å²) >= 11 is 0. The Balaban J connectivity index is 1.89. The molecule has 2 amide bonds. The van der Waals surface area contributed by atoms with Crippen molar-refractivity contribution in [3.8, 4) is 0 Å². The molecule has 0 saturated heterocycles. The zero-order valence-corrected chi connectivity index (χ0v) is 16.9. The Morgan fingerprint density at radius 3 is 2.31 bits per heavy atom. The van der Waals surface area contributed by atoms with Crippen LogP contribution in [0.25, 0.3) is 10.8 Å². The highest BCUT2D eigenvalue weighted by molar-refractivity contribution is 6.06. The lowest BCUT2D eigenvalue weighted by atomic mass is 10.1. The SMILES string of the molecule is Cc1ccc(C(=O)NNC(=O)c2nn(CC(C)C)c(=O)c3ccccc23)c(C)c1. The summed E-state index contributed by atoms with van der Waals surface area (Å²) in [5.41, 5.74) is 7.01. The van der Waals surface area contributed by atoms with Crippen LogP contribution in [-0.2, 0) is 6.54 Å². The molecular formula is C22H24N4O3. The lowest BCUT2D eigenvalue weighted by molar-refractivity contribution is 0.0843. The van der Waals surface area contributed by atoms with Gasteiger partial charge >= 0.3 is 0 Å². The maximum atomic E-state index is 12.8. The molecule has 7 nitrogen and oxygen atoms in total. The first kappa shape index (κ1) is 20.3. The van der Waals surface area contributed by atoms with Gasteiger partial charge in [0.25, 0.3) is 17.4 Å². The minimum Gasteiger partial charge on any atom is -0.267 e. The van der Waals surface area contributed by atoms with Crippen LogP contribution in [0.3, 0.4) is 0 Å². The second-order valence-electron chi connectivity index (χ2n) is 7.50. The molecule has 0 atom stereocenters. The first-order chi connectivity index (χ1) is 13.8. The Morgan fingerprint density at radius 2 is 1.66 bits per heavy atom. The quantitative estimate of drug-likeness (QED) is 0.668. The maximum Gasteiger partial charge on any atom is 0.290 e. The van der Waals surface area contributed by atoms with E-state index in [0.29, 0.717) is 22.9 Å². The van der Waals surface area contributed by atoms with Crippen molar-refractivity contribution in [2.75, 3.05) is 0 Å². The highest BCUT2D eigenvalue weighted by atomic mass is 16.2. The van der Waals surface area contributed by atoms with E-state index in [1.165, 1.54) is 4.68 Å². The molecule has 0 aliphatic carbocycles. The monoisotopic (exact) mass is 392 g/mol. The van der Waals surface area contributed by atoms with Gasteiger partial charge in [-0.2, -0.15) is 5.10 Å². The molecule has 3 aromatic rings. The lowest BCUT2D eigenvalue weighted by Crippen LogP contribution is -2.43. The molecule has 1 aromatic heterocycles. The molecular weight excluding hydrogens is 368 g/mol. The molecule has 0 saturated carbocycles. The third-order valence-corrected chi connectivity index (χ3v) is 4.54. The van der Waals surface area contributed by atoms with E-state index in [2.05, 4.69) is 16.0 Å². The smallest absolute Gasteiger partial charge is 0.267 e. The van der Waals surface area contributed by atoms with E-state index < -0.39 is 11.8 Å². The van der Waals surface area contributed by atoms with Crippen LogP contribution in [0.15, 0.2) is 47.3 Å². The van der Waals surface area contributed by atoms with Crippen LogP contribution >= 0.6 is 0 Å². The van der Waals surface area contributed by atoms with Gasteiger partial charge in [-0.15, -0.1) is 0 Å². The molecule has 0 spiro atoms. The summed E-state index contributed by atoms with van der Waals surface area (Å²) in [6, 6.07) is 12.3. The van der Waals surface area contributed by atoms with Crippen molar-refractivity contribution in [2.24, 2.45) is 5.92 Å². The van der Waals surface area contributed by atoms with Crippen LogP contribution < -0.4 is 16.4 Å². The van der Waals surface area contributed by atoms with Crippen molar-refractivity contribution >= 4 is 22.6 Å². The maximum absolute atomic E-state index is 12.8. The van der Waals surface area contributed by atoms with E-state index in [1.54, 1.807) is 30.3 Å². The topological polar surface area (TPSA) is 93.1 Å². The van der Waals surface area contributed by atoms with E-state index >= 15 is 0 Å². The van der Waals surface area contributed by atoms with Crippen molar-refractivity contribution in [3.63, 3.8) is 0 Å². The number of hydrogen-bond donors (Lipinski definition) is 2. The number of fused-ring (bicyclic) bond motifs is 1. The third-order valence-electron chi connectivity index (χ3n) is 4.54. The van der Waals surface area contributed by atoms with Crippen LogP contribution in [-0.4, -0.2) is 21.6 Å². The van der Waals surface area contributed by atoms with Crippen LogP contribution in [0.4, 0.5) is 0 Å². The molecule has 0 aliphatic heterocycles. The molecule has 0 radical (unpaired) electrons. The largest absolute Gasteiger partial charge is 0.290 e. The van der Waals surface area contributed by atoms with Crippen LogP contribution in [0.5, 0.6) is 0 Å². The molecule has 150 valence electrons. The first-order valence-electron chi connectivity index (χ1n) is 9.45. The average molecular weight is 392 g/mol. The first-order valence-corrected chi connectivity index (χ1v) is 9.45.